The Hall–Kier alpha value is -3.20. The van der Waals surface area contributed by atoms with Gasteiger partial charge in [0.25, 0.3) is 11.8 Å². The predicted octanol–water partition coefficient (Wildman–Crippen LogP) is 1.40. The van der Waals surface area contributed by atoms with Gasteiger partial charge in [0, 0.05) is 17.5 Å². The van der Waals surface area contributed by atoms with Gasteiger partial charge in [0.2, 0.25) is 0 Å². The number of amides is 4. The summed E-state index contributed by atoms with van der Waals surface area (Å²) in [6.45, 7) is 1.57. The Balaban J connectivity index is 1.81. The Bertz CT molecular complexity index is 1050. The molecule has 3 rings (SSSR count). The Morgan fingerprint density at radius 2 is 1.74 bits per heavy atom. The van der Waals surface area contributed by atoms with E-state index in [1.807, 2.05) is 0 Å². The molecule has 0 saturated carbocycles. The Labute approximate surface area is 155 Å². The highest BCUT2D eigenvalue weighted by molar-refractivity contribution is 7.90. The standard InChI is InChI=1S/C18H17N3O5S/c1-18(16(23)20-17(24)21-18)12-4-3-5-13(10-12)19-15(22)11-6-8-14(9-7-11)27(2,25)26/h3-10H,1-2H3,(H,19,22)(H2,20,21,23,24). The van der Waals surface area contributed by atoms with Gasteiger partial charge in [-0.25, -0.2) is 13.2 Å². The fourth-order valence-electron chi connectivity index (χ4n) is 2.71. The molecule has 1 unspecified atom stereocenters. The summed E-state index contributed by atoms with van der Waals surface area (Å²) in [7, 11) is -3.34. The quantitative estimate of drug-likeness (QED) is 0.685. The number of rotatable bonds is 4. The molecule has 1 fully saturated rings. The van der Waals surface area contributed by atoms with E-state index >= 15 is 0 Å². The van der Waals surface area contributed by atoms with Crippen LogP contribution < -0.4 is 16.0 Å². The molecule has 1 aliphatic rings. The van der Waals surface area contributed by atoms with Crippen molar-refractivity contribution in [2.45, 2.75) is 17.4 Å². The van der Waals surface area contributed by atoms with Crippen LogP contribution in [0.4, 0.5) is 10.5 Å². The molecule has 0 bridgehead atoms. The summed E-state index contributed by atoms with van der Waals surface area (Å²) < 4.78 is 23.0. The number of urea groups is 1. The molecule has 0 spiro atoms. The van der Waals surface area contributed by atoms with E-state index in [4.69, 9.17) is 0 Å². The van der Waals surface area contributed by atoms with E-state index in [1.165, 1.54) is 24.3 Å². The molecule has 9 heteroatoms. The average molecular weight is 387 g/mol. The van der Waals surface area contributed by atoms with Gasteiger partial charge in [-0.15, -0.1) is 0 Å². The van der Waals surface area contributed by atoms with Crippen molar-refractivity contribution in [3.63, 3.8) is 0 Å². The maximum atomic E-state index is 12.4. The zero-order valence-electron chi connectivity index (χ0n) is 14.6. The molecule has 2 aromatic carbocycles. The molecule has 4 amide bonds. The second-order valence-corrected chi connectivity index (χ2v) is 8.38. The molecule has 0 aromatic heterocycles. The summed E-state index contributed by atoms with van der Waals surface area (Å²) in [5.74, 6) is -0.912. The molecule has 0 radical (unpaired) electrons. The number of nitrogens with one attached hydrogen (secondary N) is 3. The van der Waals surface area contributed by atoms with Gasteiger partial charge < -0.3 is 10.6 Å². The van der Waals surface area contributed by atoms with Crippen LogP contribution in [0.25, 0.3) is 0 Å². The van der Waals surface area contributed by atoms with Gasteiger partial charge in [0.1, 0.15) is 5.54 Å². The van der Waals surface area contributed by atoms with Gasteiger partial charge in [-0.1, -0.05) is 12.1 Å². The predicted molar refractivity (Wildman–Crippen MR) is 98.0 cm³/mol. The third kappa shape index (κ3) is 3.68. The minimum Gasteiger partial charge on any atom is -0.322 e. The van der Waals surface area contributed by atoms with E-state index < -0.39 is 33.2 Å². The number of anilines is 1. The first-order valence-corrected chi connectivity index (χ1v) is 9.84. The van der Waals surface area contributed by atoms with Crippen molar-refractivity contribution in [1.29, 1.82) is 0 Å². The highest BCUT2D eigenvalue weighted by Gasteiger charge is 2.43. The van der Waals surface area contributed by atoms with Crippen LogP contribution in [-0.4, -0.2) is 32.5 Å². The molecule has 27 heavy (non-hydrogen) atoms. The second kappa shape index (κ2) is 6.51. The molecule has 0 aliphatic carbocycles. The van der Waals surface area contributed by atoms with E-state index in [9.17, 15) is 22.8 Å². The number of hydrogen-bond acceptors (Lipinski definition) is 5. The molecule has 1 aliphatic heterocycles. The number of benzene rings is 2. The maximum absolute atomic E-state index is 12.4. The number of carbonyl (C=O) groups is 3. The van der Waals surface area contributed by atoms with Crippen LogP contribution >= 0.6 is 0 Å². The van der Waals surface area contributed by atoms with Crippen LogP contribution in [0.3, 0.4) is 0 Å². The van der Waals surface area contributed by atoms with Gasteiger partial charge in [0.05, 0.1) is 4.90 Å². The lowest BCUT2D eigenvalue weighted by atomic mass is 9.92. The molecule has 140 valence electrons. The lowest BCUT2D eigenvalue weighted by molar-refractivity contribution is -0.123. The summed E-state index contributed by atoms with van der Waals surface area (Å²) in [5.41, 5.74) is -0.00328. The summed E-state index contributed by atoms with van der Waals surface area (Å²) >= 11 is 0. The lowest BCUT2D eigenvalue weighted by Gasteiger charge is -2.21. The van der Waals surface area contributed by atoms with Gasteiger partial charge in [0.15, 0.2) is 9.84 Å². The van der Waals surface area contributed by atoms with E-state index in [0.717, 1.165) is 6.26 Å². The van der Waals surface area contributed by atoms with Crippen LogP contribution in [0.5, 0.6) is 0 Å². The third-order valence-electron chi connectivity index (χ3n) is 4.29. The zero-order chi connectivity index (χ0) is 19.8. The Morgan fingerprint density at radius 3 is 2.30 bits per heavy atom. The third-order valence-corrected chi connectivity index (χ3v) is 5.42. The SMILES string of the molecule is CC1(c2cccc(NC(=O)c3ccc(S(C)(=O)=O)cc3)c2)NC(=O)NC1=O. The fourth-order valence-corrected chi connectivity index (χ4v) is 3.34. The largest absolute Gasteiger partial charge is 0.322 e. The van der Waals surface area contributed by atoms with Crippen molar-refractivity contribution in [2.75, 3.05) is 11.6 Å². The number of sulfone groups is 1. The van der Waals surface area contributed by atoms with Crippen LogP contribution in [0.1, 0.15) is 22.8 Å². The van der Waals surface area contributed by atoms with Crippen molar-refractivity contribution in [3.05, 3.63) is 59.7 Å². The molecular weight excluding hydrogens is 370 g/mol. The van der Waals surface area contributed by atoms with E-state index in [1.54, 1.807) is 31.2 Å². The molecule has 1 heterocycles. The molecule has 3 N–H and O–H groups in total. The van der Waals surface area contributed by atoms with Crippen molar-refractivity contribution in [3.8, 4) is 0 Å². The first kappa shape index (κ1) is 18.6. The Kier molecular flexibility index (Phi) is 4.48. The fraction of sp³-hybridized carbons (Fsp3) is 0.167. The van der Waals surface area contributed by atoms with Gasteiger partial charge in [-0.3, -0.25) is 14.9 Å². The minimum atomic E-state index is -3.34. The van der Waals surface area contributed by atoms with Gasteiger partial charge in [-0.2, -0.15) is 0 Å². The average Bonchev–Trinajstić information content (AvgIpc) is 2.87. The Morgan fingerprint density at radius 1 is 1.07 bits per heavy atom. The van der Waals surface area contributed by atoms with Crippen LogP contribution in [0.15, 0.2) is 53.4 Å². The molecule has 8 nitrogen and oxygen atoms in total. The normalized spacial score (nSPS) is 19.3. The number of hydrogen-bond donors (Lipinski definition) is 3. The smallest absolute Gasteiger partial charge is 0.322 e. The van der Waals surface area contributed by atoms with Crippen LogP contribution in [-0.2, 0) is 20.2 Å². The van der Waals surface area contributed by atoms with Crippen molar-refractivity contribution in [2.24, 2.45) is 0 Å². The highest BCUT2D eigenvalue weighted by atomic mass is 32.2. The summed E-state index contributed by atoms with van der Waals surface area (Å²) in [4.78, 5) is 36.0. The van der Waals surface area contributed by atoms with Crippen molar-refractivity contribution in [1.82, 2.24) is 10.6 Å². The zero-order valence-corrected chi connectivity index (χ0v) is 15.4. The summed E-state index contributed by atoms with van der Waals surface area (Å²) in [5, 5.41) is 7.43. The first-order chi connectivity index (χ1) is 12.6. The lowest BCUT2D eigenvalue weighted by Crippen LogP contribution is -2.40. The topological polar surface area (TPSA) is 121 Å². The number of carbonyl (C=O) groups excluding carboxylic acids is 3. The highest BCUT2D eigenvalue weighted by Crippen LogP contribution is 2.26. The van der Waals surface area contributed by atoms with E-state index in [-0.39, 0.29) is 10.5 Å². The van der Waals surface area contributed by atoms with Gasteiger partial charge in [-0.05, 0) is 48.9 Å². The molecule has 1 atom stereocenters. The molecule has 2 aromatic rings. The maximum Gasteiger partial charge on any atom is 0.322 e. The van der Waals surface area contributed by atoms with Crippen LogP contribution in [0, 0.1) is 0 Å². The van der Waals surface area contributed by atoms with E-state index in [0.29, 0.717) is 11.3 Å². The number of imide groups is 1. The summed E-state index contributed by atoms with van der Waals surface area (Å²) in [6, 6.07) is 11.5. The molecular formula is C18H17N3O5S. The first-order valence-electron chi connectivity index (χ1n) is 7.95. The van der Waals surface area contributed by atoms with Gasteiger partial charge >= 0.3 is 6.03 Å². The van der Waals surface area contributed by atoms with Crippen LogP contribution in [0.2, 0.25) is 0 Å². The minimum absolute atomic E-state index is 0.122. The second-order valence-electron chi connectivity index (χ2n) is 6.36. The summed E-state index contributed by atoms with van der Waals surface area (Å²) in [6.07, 6.45) is 1.09. The van der Waals surface area contributed by atoms with E-state index in [2.05, 4.69) is 16.0 Å². The molecule has 1 saturated heterocycles. The van der Waals surface area contributed by atoms with Crippen molar-refractivity contribution < 1.29 is 22.8 Å². The monoisotopic (exact) mass is 387 g/mol. The van der Waals surface area contributed by atoms with Crippen molar-refractivity contribution >= 4 is 33.4 Å².